The number of rotatable bonds is 3. The Bertz CT molecular complexity index is 267. The third kappa shape index (κ3) is 4.68. The Balaban J connectivity index is 2.51. The van der Waals surface area contributed by atoms with E-state index in [0.717, 1.165) is 0 Å². The van der Waals surface area contributed by atoms with Gasteiger partial charge in [0.25, 0.3) is 0 Å². The largest absolute Gasteiger partial charge is 0.0866 e. The fraction of sp³-hybridized carbons (Fsp3) is 0.333. The second-order valence-electron chi connectivity index (χ2n) is 4.58. The molecule has 13 heavy (non-hydrogen) atoms. The van der Waals surface area contributed by atoms with Crippen molar-refractivity contribution in [1.29, 1.82) is 0 Å². The summed E-state index contributed by atoms with van der Waals surface area (Å²) in [4.78, 5) is 0. The normalized spacial score (nSPS) is 12.2. The molecule has 1 rings (SSSR count). The van der Waals surface area contributed by atoms with E-state index in [4.69, 9.17) is 0 Å². The van der Waals surface area contributed by atoms with Crippen LogP contribution in [0.15, 0.2) is 36.4 Å². The van der Waals surface area contributed by atoms with E-state index in [1.165, 1.54) is 11.6 Å². The minimum absolute atomic E-state index is 0.898. The van der Waals surface area contributed by atoms with Gasteiger partial charge in [0.1, 0.15) is 0 Å². The van der Waals surface area contributed by atoms with Crippen molar-refractivity contribution in [2.75, 3.05) is 0 Å². The lowest BCUT2D eigenvalue weighted by atomic mass is 10.2. The zero-order valence-electron chi connectivity index (χ0n) is 8.75. The molecule has 0 radical (unpaired) electrons. The molecule has 0 aliphatic carbocycles. The Morgan fingerprint density at radius 1 is 1.08 bits per heavy atom. The van der Waals surface area contributed by atoms with Crippen LogP contribution in [0.1, 0.15) is 5.56 Å². The zero-order chi connectivity index (χ0) is 9.73. The van der Waals surface area contributed by atoms with Crippen molar-refractivity contribution in [3.8, 4) is 0 Å². The van der Waals surface area contributed by atoms with E-state index in [-0.39, 0.29) is 0 Å². The summed E-state index contributed by atoms with van der Waals surface area (Å²) in [5, 5.41) is 0. The van der Waals surface area contributed by atoms with Gasteiger partial charge in [-0.1, -0.05) is 62.1 Å². The highest BCUT2D eigenvalue weighted by Crippen LogP contribution is 2.10. The number of hydrogen-bond acceptors (Lipinski definition) is 0. The average Bonchev–Trinajstić information content (AvgIpc) is 2.04. The molecule has 0 saturated heterocycles. The second kappa shape index (κ2) is 4.42. The summed E-state index contributed by atoms with van der Waals surface area (Å²) in [5.74, 6) is 0. The Kier molecular flexibility index (Phi) is 3.49. The molecule has 0 nitrogen and oxygen atoms in total. The van der Waals surface area contributed by atoms with Gasteiger partial charge in [0.05, 0.1) is 0 Å². The predicted octanol–water partition coefficient (Wildman–Crippen LogP) is 4.04. The van der Waals surface area contributed by atoms with Gasteiger partial charge in [0.15, 0.2) is 0 Å². The molecule has 0 atom stereocenters. The summed E-state index contributed by atoms with van der Waals surface area (Å²) in [7, 11) is -0.898. The Hall–Kier alpha value is -0.823. The van der Waals surface area contributed by atoms with Gasteiger partial charge in [-0.05, 0) is 11.6 Å². The van der Waals surface area contributed by atoms with Gasteiger partial charge in [0.2, 0.25) is 0 Å². The summed E-state index contributed by atoms with van der Waals surface area (Å²) < 4.78 is 0. The highest BCUT2D eigenvalue weighted by Gasteiger charge is 2.09. The van der Waals surface area contributed by atoms with Crippen molar-refractivity contribution < 1.29 is 0 Å². The Morgan fingerprint density at radius 2 is 1.69 bits per heavy atom. The van der Waals surface area contributed by atoms with E-state index in [2.05, 4.69) is 62.1 Å². The molecule has 1 heteroatoms. The van der Waals surface area contributed by atoms with Crippen LogP contribution >= 0.6 is 0 Å². The first-order valence-electron chi connectivity index (χ1n) is 4.79. The molecule has 0 aliphatic rings. The van der Waals surface area contributed by atoms with Crippen molar-refractivity contribution in [2.45, 2.75) is 25.7 Å². The highest BCUT2D eigenvalue weighted by atomic mass is 28.3. The number of hydrogen-bond donors (Lipinski definition) is 0. The molecular weight excluding hydrogens is 172 g/mol. The van der Waals surface area contributed by atoms with Crippen molar-refractivity contribution in [3.63, 3.8) is 0 Å². The standard InChI is InChI=1S/C12H18Si/c1-13(2,3)11-7-10-12-8-5-4-6-9-12/h4-10H,11H2,1-3H3/b10-7+. The van der Waals surface area contributed by atoms with Crippen LogP contribution in [0.3, 0.4) is 0 Å². The molecule has 0 saturated carbocycles. The summed E-state index contributed by atoms with van der Waals surface area (Å²) in [6, 6.07) is 11.8. The monoisotopic (exact) mass is 190 g/mol. The van der Waals surface area contributed by atoms with Gasteiger partial charge in [-0.25, -0.2) is 0 Å². The predicted molar refractivity (Wildman–Crippen MR) is 63.6 cm³/mol. The first-order valence-corrected chi connectivity index (χ1v) is 8.50. The van der Waals surface area contributed by atoms with Gasteiger partial charge in [0, 0.05) is 8.07 Å². The third-order valence-electron chi connectivity index (χ3n) is 1.84. The van der Waals surface area contributed by atoms with Crippen LogP contribution in [0.4, 0.5) is 0 Å². The van der Waals surface area contributed by atoms with Gasteiger partial charge >= 0.3 is 0 Å². The summed E-state index contributed by atoms with van der Waals surface area (Å²) >= 11 is 0. The maximum Gasteiger partial charge on any atom is 0.0480 e. The van der Waals surface area contributed by atoms with Crippen molar-refractivity contribution in [1.82, 2.24) is 0 Å². The highest BCUT2D eigenvalue weighted by molar-refractivity contribution is 6.76. The second-order valence-corrected chi connectivity index (χ2v) is 10.1. The van der Waals surface area contributed by atoms with Crippen LogP contribution in [0.2, 0.25) is 25.7 Å². The van der Waals surface area contributed by atoms with E-state index < -0.39 is 8.07 Å². The number of allylic oxidation sites excluding steroid dienone is 1. The summed E-state index contributed by atoms with van der Waals surface area (Å²) in [6.07, 6.45) is 4.53. The molecule has 70 valence electrons. The van der Waals surface area contributed by atoms with Crippen LogP contribution in [-0.2, 0) is 0 Å². The van der Waals surface area contributed by atoms with E-state index in [0.29, 0.717) is 0 Å². The number of benzene rings is 1. The molecule has 1 aromatic rings. The van der Waals surface area contributed by atoms with E-state index in [1.807, 2.05) is 0 Å². The minimum Gasteiger partial charge on any atom is -0.0866 e. The fourth-order valence-electron chi connectivity index (χ4n) is 1.11. The van der Waals surface area contributed by atoms with Crippen LogP contribution in [0.25, 0.3) is 6.08 Å². The van der Waals surface area contributed by atoms with Gasteiger partial charge in [-0.3, -0.25) is 0 Å². The molecule has 0 bridgehead atoms. The van der Waals surface area contributed by atoms with Crippen LogP contribution in [-0.4, -0.2) is 8.07 Å². The smallest absolute Gasteiger partial charge is 0.0480 e. The first-order chi connectivity index (χ1) is 6.08. The van der Waals surface area contributed by atoms with Gasteiger partial charge < -0.3 is 0 Å². The molecule has 0 amide bonds. The van der Waals surface area contributed by atoms with Crippen molar-refractivity contribution >= 4 is 14.1 Å². The average molecular weight is 190 g/mol. The molecule has 0 heterocycles. The summed E-state index contributed by atoms with van der Waals surface area (Å²) in [5.41, 5.74) is 1.31. The van der Waals surface area contributed by atoms with Gasteiger partial charge in [-0.15, -0.1) is 0 Å². The molecule has 0 unspecified atom stereocenters. The zero-order valence-corrected chi connectivity index (χ0v) is 9.75. The first kappa shape index (κ1) is 10.3. The quantitative estimate of drug-likeness (QED) is 0.631. The fourth-order valence-corrected chi connectivity index (χ4v) is 1.94. The maximum atomic E-state index is 2.39. The SMILES string of the molecule is C[Si](C)(C)C/C=C/c1ccccc1. The van der Waals surface area contributed by atoms with E-state index >= 15 is 0 Å². The minimum atomic E-state index is -0.898. The molecular formula is C12H18Si. The molecule has 0 N–H and O–H groups in total. The Morgan fingerprint density at radius 3 is 2.23 bits per heavy atom. The lowest BCUT2D eigenvalue weighted by molar-refractivity contribution is 1.52. The molecule has 0 fully saturated rings. The van der Waals surface area contributed by atoms with Crippen molar-refractivity contribution in [2.24, 2.45) is 0 Å². The van der Waals surface area contributed by atoms with Crippen molar-refractivity contribution in [3.05, 3.63) is 42.0 Å². The molecule has 0 aromatic heterocycles. The van der Waals surface area contributed by atoms with E-state index in [1.54, 1.807) is 0 Å². The molecule has 1 aromatic carbocycles. The lowest BCUT2D eigenvalue weighted by Gasteiger charge is -2.11. The van der Waals surface area contributed by atoms with Crippen LogP contribution in [0.5, 0.6) is 0 Å². The third-order valence-corrected chi connectivity index (χ3v) is 3.30. The van der Waals surface area contributed by atoms with Crippen LogP contribution < -0.4 is 0 Å². The lowest BCUT2D eigenvalue weighted by Crippen LogP contribution is -2.17. The topological polar surface area (TPSA) is 0 Å². The Labute approximate surface area is 82.3 Å². The summed E-state index contributed by atoms with van der Waals surface area (Å²) in [6.45, 7) is 7.17. The van der Waals surface area contributed by atoms with Crippen LogP contribution in [0, 0.1) is 0 Å². The molecule has 0 aliphatic heterocycles. The van der Waals surface area contributed by atoms with Gasteiger partial charge in [-0.2, -0.15) is 0 Å². The molecule has 0 spiro atoms. The van der Waals surface area contributed by atoms with E-state index in [9.17, 15) is 0 Å². The maximum absolute atomic E-state index is 2.39.